The summed E-state index contributed by atoms with van der Waals surface area (Å²) >= 11 is 1.81. The lowest BCUT2D eigenvalue weighted by Gasteiger charge is -2.14. The van der Waals surface area contributed by atoms with Crippen LogP contribution >= 0.6 is 11.8 Å². The number of rotatable bonds is 5. The molecule has 1 nitrogen and oxygen atoms in total. The Bertz CT molecular complexity index is 376. The predicted octanol–water partition coefficient (Wildman–Crippen LogP) is 2.95. The van der Waals surface area contributed by atoms with Crippen molar-refractivity contribution in [2.24, 2.45) is 0 Å². The zero-order valence-corrected chi connectivity index (χ0v) is 11.0. The van der Waals surface area contributed by atoms with E-state index in [1.165, 1.54) is 10.5 Å². The Labute approximate surface area is 103 Å². The SMILES string of the molecule is CC#CCNC(C)Cc1ccccc1SC. The van der Waals surface area contributed by atoms with Crippen molar-refractivity contribution in [1.29, 1.82) is 0 Å². The lowest BCUT2D eigenvalue weighted by molar-refractivity contribution is 0.581. The minimum absolute atomic E-state index is 0.467. The summed E-state index contributed by atoms with van der Waals surface area (Å²) in [6.07, 6.45) is 3.18. The Hall–Kier alpha value is -0.910. The zero-order valence-electron chi connectivity index (χ0n) is 10.2. The van der Waals surface area contributed by atoms with Crippen molar-refractivity contribution in [2.45, 2.75) is 31.2 Å². The molecule has 16 heavy (non-hydrogen) atoms. The molecule has 0 aliphatic carbocycles. The van der Waals surface area contributed by atoms with Gasteiger partial charge in [0.15, 0.2) is 0 Å². The fourth-order valence-corrected chi connectivity index (χ4v) is 2.22. The van der Waals surface area contributed by atoms with E-state index in [0.29, 0.717) is 6.04 Å². The Morgan fingerprint density at radius 1 is 1.38 bits per heavy atom. The van der Waals surface area contributed by atoms with Crippen molar-refractivity contribution in [1.82, 2.24) is 5.32 Å². The fourth-order valence-electron chi connectivity index (χ4n) is 1.59. The second-order valence-corrected chi connectivity index (χ2v) is 4.57. The highest BCUT2D eigenvalue weighted by Gasteiger charge is 2.05. The third kappa shape index (κ3) is 4.30. The van der Waals surface area contributed by atoms with E-state index in [-0.39, 0.29) is 0 Å². The van der Waals surface area contributed by atoms with Crippen molar-refractivity contribution >= 4 is 11.8 Å². The Morgan fingerprint density at radius 3 is 2.81 bits per heavy atom. The monoisotopic (exact) mass is 233 g/mol. The van der Waals surface area contributed by atoms with Crippen molar-refractivity contribution in [3.05, 3.63) is 29.8 Å². The minimum Gasteiger partial charge on any atom is -0.303 e. The maximum atomic E-state index is 3.40. The van der Waals surface area contributed by atoms with E-state index in [4.69, 9.17) is 0 Å². The van der Waals surface area contributed by atoms with Gasteiger partial charge in [-0.25, -0.2) is 0 Å². The molecule has 0 radical (unpaired) electrons. The lowest BCUT2D eigenvalue weighted by atomic mass is 10.1. The summed E-state index contributed by atoms with van der Waals surface area (Å²) in [5.74, 6) is 5.92. The second kappa shape index (κ2) is 7.38. The summed E-state index contributed by atoms with van der Waals surface area (Å²) in [6, 6.07) is 9.05. The van der Waals surface area contributed by atoms with Gasteiger partial charge >= 0.3 is 0 Å². The topological polar surface area (TPSA) is 12.0 Å². The molecule has 1 atom stereocenters. The largest absolute Gasteiger partial charge is 0.303 e. The first-order chi connectivity index (χ1) is 7.77. The molecule has 0 heterocycles. The first-order valence-electron chi connectivity index (χ1n) is 5.52. The summed E-state index contributed by atoms with van der Waals surface area (Å²) in [5, 5.41) is 3.40. The van der Waals surface area contributed by atoms with Crippen molar-refractivity contribution < 1.29 is 0 Å². The first-order valence-corrected chi connectivity index (χ1v) is 6.75. The van der Waals surface area contributed by atoms with Crippen LogP contribution in [0.3, 0.4) is 0 Å². The number of nitrogens with one attached hydrogen (secondary N) is 1. The van der Waals surface area contributed by atoms with E-state index in [1.54, 1.807) is 0 Å². The van der Waals surface area contributed by atoms with Gasteiger partial charge in [0, 0.05) is 10.9 Å². The molecule has 2 heteroatoms. The Kier molecular flexibility index (Phi) is 6.07. The van der Waals surface area contributed by atoms with E-state index in [9.17, 15) is 0 Å². The van der Waals surface area contributed by atoms with Crippen LogP contribution in [0.25, 0.3) is 0 Å². The molecular weight excluding hydrogens is 214 g/mol. The van der Waals surface area contributed by atoms with Gasteiger partial charge in [0.1, 0.15) is 0 Å². The number of thioether (sulfide) groups is 1. The molecule has 0 aromatic heterocycles. The summed E-state index contributed by atoms with van der Waals surface area (Å²) in [5.41, 5.74) is 1.42. The molecule has 86 valence electrons. The zero-order chi connectivity index (χ0) is 11.8. The predicted molar refractivity (Wildman–Crippen MR) is 72.8 cm³/mol. The molecule has 0 aliphatic rings. The van der Waals surface area contributed by atoms with Gasteiger partial charge in [0.25, 0.3) is 0 Å². The van der Waals surface area contributed by atoms with E-state index < -0.39 is 0 Å². The molecule has 0 spiro atoms. The minimum atomic E-state index is 0.467. The van der Waals surface area contributed by atoms with E-state index >= 15 is 0 Å². The standard InChI is InChI=1S/C14H19NS/c1-4-5-10-15-12(2)11-13-8-6-7-9-14(13)16-3/h6-9,12,15H,10-11H2,1-3H3. The van der Waals surface area contributed by atoms with Gasteiger partial charge in [-0.15, -0.1) is 17.7 Å². The van der Waals surface area contributed by atoms with Crippen LogP contribution in [-0.4, -0.2) is 18.8 Å². The van der Waals surface area contributed by atoms with E-state index in [2.05, 4.69) is 54.6 Å². The third-order valence-electron chi connectivity index (χ3n) is 2.43. The van der Waals surface area contributed by atoms with Gasteiger partial charge in [-0.1, -0.05) is 24.1 Å². The molecule has 1 N–H and O–H groups in total. The number of hydrogen-bond acceptors (Lipinski definition) is 2. The summed E-state index contributed by atoms with van der Waals surface area (Å²) in [6.45, 7) is 4.85. The smallest absolute Gasteiger partial charge is 0.0578 e. The van der Waals surface area contributed by atoms with Crippen LogP contribution in [0, 0.1) is 11.8 Å². The number of benzene rings is 1. The van der Waals surface area contributed by atoms with Crippen LogP contribution in [0.15, 0.2) is 29.2 Å². The molecule has 0 bridgehead atoms. The van der Waals surface area contributed by atoms with Gasteiger partial charge in [0.05, 0.1) is 6.54 Å². The maximum absolute atomic E-state index is 3.40. The van der Waals surface area contributed by atoms with Crippen LogP contribution in [0.1, 0.15) is 19.4 Å². The molecule has 0 fully saturated rings. The maximum Gasteiger partial charge on any atom is 0.0578 e. The average molecular weight is 233 g/mol. The van der Waals surface area contributed by atoms with Gasteiger partial charge in [-0.3, -0.25) is 0 Å². The van der Waals surface area contributed by atoms with Crippen molar-refractivity contribution in [3.63, 3.8) is 0 Å². The molecule has 0 aliphatic heterocycles. The van der Waals surface area contributed by atoms with Gasteiger partial charge in [-0.2, -0.15) is 0 Å². The highest BCUT2D eigenvalue weighted by molar-refractivity contribution is 7.98. The van der Waals surface area contributed by atoms with Gasteiger partial charge in [0.2, 0.25) is 0 Å². The Balaban J connectivity index is 2.53. The van der Waals surface area contributed by atoms with Crippen LogP contribution in [-0.2, 0) is 6.42 Å². The summed E-state index contributed by atoms with van der Waals surface area (Å²) < 4.78 is 0. The second-order valence-electron chi connectivity index (χ2n) is 3.72. The summed E-state index contributed by atoms with van der Waals surface area (Å²) in [4.78, 5) is 1.37. The molecule has 1 aromatic rings. The van der Waals surface area contributed by atoms with E-state index in [0.717, 1.165) is 13.0 Å². The normalized spacial score (nSPS) is 11.7. The van der Waals surface area contributed by atoms with Crippen LogP contribution < -0.4 is 5.32 Å². The van der Waals surface area contributed by atoms with Gasteiger partial charge < -0.3 is 5.32 Å². The lowest BCUT2D eigenvalue weighted by Crippen LogP contribution is -2.28. The molecule has 1 unspecified atom stereocenters. The van der Waals surface area contributed by atoms with E-state index in [1.807, 2.05) is 18.7 Å². The highest BCUT2D eigenvalue weighted by Crippen LogP contribution is 2.20. The summed E-state index contributed by atoms with van der Waals surface area (Å²) in [7, 11) is 0. The first kappa shape index (κ1) is 13.2. The molecule has 0 amide bonds. The molecule has 1 rings (SSSR count). The molecule has 0 saturated carbocycles. The number of hydrogen-bond donors (Lipinski definition) is 1. The van der Waals surface area contributed by atoms with Crippen LogP contribution in [0.4, 0.5) is 0 Å². The average Bonchev–Trinajstić information content (AvgIpc) is 2.30. The third-order valence-corrected chi connectivity index (χ3v) is 3.27. The molecule has 1 aromatic carbocycles. The van der Waals surface area contributed by atoms with Crippen molar-refractivity contribution in [2.75, 3.05) is 12.8 Å². The molecule has 0 saturated heterocycles. The Morgan fingerprint density at radius 2 is 2.12 bits per heavy atom. The fraction of sp³-hybridized carbons (Fsp3) is 0.429. The van der Waals surface area contributed by atoms with Crippen LogP contribution in [0.2, 0.25) is 0 Å². The highest BCUT2D eigenvalue weighted by atomic mass is 32.2. The van der Waals surface area contributed by atoms with Crippen LogP contribution in [0.5, 0.6) is 0 Å². The molecular formula is C14H19NS. The van der Waals surface area contributed by atoms with Gasteiger partial charge in [-0.05, 0) is 38.2 Å². The quantitative estimate of drug-likeness (QED) is 0.620. The van der Waals surface area contributed by atoms with Crippen molar-refractivity contribution in [3.8, 4) is 11.8 Å².